The lowest BCUT2D eigenvalue weighted by molar-refractivity contribution is -0.931. The van der Waals surface area contributed by atoms with Gasteiger partial charge in [-0.1, -0.05) is 19.9 Å². The highest BCUT2D eigenvalue weighted by atomic mass is 16.7. The van der Waals surface area contributed by atoms with Crippen molar-refractivity contribution in [2.45, 2.75) is 63.5 Å². The molecule has 6 aliphatic rings. The number of rotatable bonds is 3. The van der Waals surface area contributed by atoms with Crippen molar-refractivity contribution in [1.82, 2.24) is 0 Å². The van der Waals surface area contributed by atoms with Crippen molar-refractivity contribution in [3.05, 3.63) is 40.2 Å². The zero-order valence-corrected chi connectivity index (χ0v) is 17.3. The molecule has 0 aliphatic carbocycles. The first-order valence-electron chi connectivity index (χ1n) is 10.7. The van der Waals surface area contributed by atoms with Gasteiger partial charge in [0.25, 0.3) is 0 Å². The summed E-state index contributed by atoms with van der Waals surface area (Å²) in [5.41, 5.74) is -0.105. The molecule has 7 heteroatoms. The lowest BCUT2D eigenvalue weighted by Crippen LogP contribution is -2.68. The maximum Gasteiger partial charge on any atom is 0.343 e. The molecule has 5 saturated heterocycles. The van der Waals surface area contributed by atoms with Crippen LogP contribution >= 0.6 is 0 Å². The molecule has 7 nitrogen and oxygen atoms in total. The Kier molecular flexibility index (Phi) is 3.26. The van der Waals surface area contributed by atoms with E-state index in [1.807, 2.05) is 0 Å². The maximum absolute atomic E-state index is 14.3. The van der Waals surface area contributed by atoms with Crippen LogP contribution in [0, 0.1) is 23.0 Å². The Morgan fingerprint density at radius 3 is 2.93 bits per heavy atom. The number of carbonyl (C=O) groups is 1. The minimum absolute atomic E-state index is 0.0118. The summed E-state index contributed by atoms with van der Waals surface area (Å²) < 4.78 is 24.1. The summed E-state index contributed by atoms with van der Waals surface area (Å²) in [6.45, 7) is 6.47. The van der Waals surface area contributed by atoms with Gasteiger partial charge in [-0.15, -0.1) is 0 Å². The molecule has 0 aromatic rings. The molecule has 6 heterocycles. The Labute approximate surface area is 170 Å². The van der Waals surface area contributed by atoms with Crippen LogP contribution < -0.4 is 0 Å². The van der Waals surface area contributed by atoms with E-state index in [0.717, 1.165) is 19.3 Å². The average Bonchev–Trinajstić information content (AvgIpc) is 3.37. The van der Waals surface area contributed by atoms with E-state index in [-0.39, 0.29) is 34.5 Å². The molecule has 0 aromatic carbocycles. The Bertz CT molecular complexity index is 922. The van der Waals surface area contributed by atoms with E-state index in [0.29, 0.717) is 29.4 Å². The summed E-state index contributed by atoms with van der Waals surface area (Å²) in [5, 5.41) is 14.3. The van der Waals surface area contributed by atoms with Gasteiger partial charge in [-0.25, -0.2) is 4.79 Å². The fraction of sp³-hybridized carbons (Fsp3) is 0.682. The van der Waals surface area contributed by atoms with Crippen molar-refractivity contribution < 1.29 is 28.4 Å². The van der Waals surface area contributed by atoms with Gasteiger partial charge in [0, 0.05) is 18.8 Å². The van der Waals surface area contributed by atoms with Gasteiger partial charge in [0.1, 0.15) is 17.9 Å². The Hall–Kier alpha value is -1.83. The predicted molar refractivity (Wildman–Crippen MR) is 101 cm³/mol. The van der Waals surface area contributed by atoms with E-state index in [9.17, 15) is 10.0 Å². The number of piperidine rings is 1. The molecule has 0 N–H and O–H groups in total. The molecule has 29 heavy (non-hydrogen) atoms. The quantitative estimate of drug-likeness (QED) is 0.313. The first-order chi connectivity index (χ1) is 13.9. The van der Waals surface area contributed by atoms with Crippen LogP contribution in [0.2, 0.25) is 0 Å². The molecule has 0 saturated carbocycles. The molecule has 5 bridgehead atoms. The number of carbonyl (C=O) groups excluding carboxylic acids is 1. The third kappa shape index (κ3) is 1.65. The van der Waals surface area contributed by atoms with Gasteiger partial charge in [0.05, 0.1) is 31.1 Å². The zero-order valence-electron chi connectivity index (χ0n) is 17.3. The van der Waals surface area contributed by atoms with Crippen molar-refractivity contribution in [2.24, 2.45) is 17.8 Å². The largest absolute Gasteiger partial charge is 0.632 e. The first-order valence-corrected chi connectivity index (χ1v) is 10.7. The number of nitrogens with zero attached hydrogens (tertiary/aromatic N) is 1. The van der Waals surface area contributed by atoms with Crippen molar-refractivity contribution in [1.29, 1.82) is 0 Å². The standard InChI is InChI=1S/C22H27NO6/c1-5-6-8-21-14-7-9-23(21,25)13-10-15(21)28-22(14)16(13)11(2)18(29-22)19-17(26-4)12(3)20(24)27-19/h6,8,11,13-16H,5,7,9-10H2,1-4H3/b8-6+,19-18-/t11-,13-,14-,15-,16+,21+,22+,23?/m0/s1. The van der Waals surface area contributed by atoms with E-state index in [2.05, 4.69) is 26.0 Å². The van der Waals surface area contributed by atoms with Crippen LogP contribution in [0.1, 0.15) is 40.0 Å². The van der Waals surface area contributed by atoms with E-state index in [1.165, 1.54) is 7.11 Å². The first kappa shape index (κ1) is 18.0. The second kappa shape index (κ2) is 5.25. The molecule has 6 rings (SSSR count). The molecule has 6 aliphatic heterocycles. The summed E-state index contributed by atoms with van der Waals surface area (Å²) in [7, 11) is 1.53. The molecular formula is C22H27NO6. The lowest BCUT2D eigenvalue weighted by Gasteiger charge is -2.56. The van der Waals surface area contributed by atoms with Crippen LogP contribution in [0.3, 0.4) is 0 Å². The molecular weight excluding hydrogens is 374 g/mol. The summed E-state index contributed by atoms with van der Waals surface area (Å²) in [6.07, 6.45) is 6.61. The topological polar surface area (TPSA) is 77.1 Å². The normalized spacial score (nSPS) is 54.0. The number of hydrogen-bond donors (Lipinski definition) is 0. The van der Waals surface area contributed by atoms with Gasteiger partial charge < -0.3 is 28.8 Å². The highest BCUT2D eigenvalue weighted by Gasteiger charge is 2.89. The molecule has 1 unspecified atom stereocenters. The maximum atomic E-state index is 14.3. The molecule has 5 fully saturated rings. The van der Waals surface area contributed by atoms with Crippen molar-refractivity contribution in [3.63, 3.8) is 0 Å². The average molecular weight is 401 g/mol. The predicted octanol–water partition coefficient (Wildman–Crippen LogP) is 2.88. The molecule has 8 atom stereocenters. The number of quaternary nitrogens is 1. The second-order valence-corrected chi connectivity index (χ2v) is 9.35. The Morgan fingerprint density at radius 1 is 1.41 bits per heavy atom. The zero-order chi connectivity index (χ0) is 20.3. The summed E-state index contributed by atoms with van der Waals surface area (Å²) >= 11 is 0. The van der Waals surface area contributed by atoms with Crippen LogP contribution in [-0.4, -0.2) is 47.7 Å². The van der Waals surface area contributed by atoms with Gasteiger partial charge in [0.15, 0.2) is 11.3 Å². The minimum atomic E-state index is -0.808. The molecule has 0 aromatic heterocycles. The van der Waals surface area contributed by atoms with E-state index >= 15 is 0 Å². The Balaban J connectivity index is 1.52. The monoisotopic (exact) mass is 401 g/mol. The van der Waals surface area contributed by atoms with Crippen LogP contribution in [0.4, 0.5) is 0 Å². The second-order valence-electron chi connectivity index (χ2n) is 9.35. The number of cyclic esters (lactones) is 1. The van der Waals surface area contributed by atoms with Crippen LogP contribution in [0.5, 0.6) is 0 Å². The third-order valence-electron chi connectivity index (χ3n) is 8.48. The molecule has 156 valence electrons. The number of fused-ring (bicyclic) bond motifs is 1. The van der Waals surface area contributed by atoms with Gasteiger partial charge in [-0.3, -0.25) is 0 Å². The highest BCUT2D eigenvalue weighted by molar-refractivity contribution is 5.93. The Morgan fingerprint density at radius 2 is 2.21 bits per heavy atom. The number of hydroxylamine groups is 3. The molecule has 0 radical (unpaired) electrons. The van der Waals surface area contributed by atoms with E-state index < -0.39 is 17.3 Å². The van der Waals surface area contributed by atoms with Crippen molar-refractivity contribution >= 4 is 5.97 Å². The SMILES string of the molecule is CC/C=C/[C@]12[C@@H]3C[C@H]4[C@H]5[C@H](C)/C(=C6/OC(=O)C(C)=C6OC)O[C@]5(O3)[C@H]1CC[N+]42[O-]. The van der Waals surface area contributed by atoms with Crippen molar-refractivity contribution in [2.75, 3.05) is 13.7 Å². The third-order valence-corrected chi connectivity index (χ3v) is 8.48. The number of hydrogen-bond acceptors (Lipinski definition) is 6. The fourth-order valence-electron chi connectivity index (χ4n) is 7.53. The van der Waals surface area contributed by atoms with E-state index in [4.69, 9.17) is 18.9 Å². The van der Waals surface area contributed by atoms with Crippen LogP contribution in [-0.2, 0) is 23.7 Å². The number of allylic oxidation sites excluding steroid dienone is 2. The van der Waals surface area contributed by atoms with Gasteiger partial charge in [0.2, 0.25) is 11.5 Å². The summed E-state index contributed by atoms with van der Waals surface area (Å²) in [5.74, 6) is 0.0336. The van der Waals surface area contributed by atoms with Gasteiger partial charge in [-0.2, -0.15) is 0 Å². The molecule has 1 spiro atoms. The van der Waals surface area contributed by atoms with Crippen LogP contribution in [0.25, 0.3) is 0 Å². The summed E-state index contributed by atoms with van der Waals surface area (Å²) in [6, 6.07) is -0.0599. The minimum Gasteiger partial charge on any atom is -0.632 e. The van der Waals surface area contributed by atoms with E-state index in [1.54, 1.807) is 6.92 Å². The van der Waals surface area contributed by atoms with Gasteiger partial charge >= 0.3 is 5.97 Å². The number of esters is 1. The smallest absolute Gasteiger partial charge is 0.343 e. The van der Waals surface area contributed by atoms with Crippen molar-refractivity contribution in [3.8, 4) is 0 Å². The van der Waals surface area contributed by atoms with Crippen LogP contribution in [0.15, 0.2) is 35.0 Å². The summed E-state index contributed by atoms with van der Waals surface area (Å²) in [4.78, 5) is 12.2. The number of methoxy groups -OCH3 is 1. The number of ether oxygens (including phenoxy) is 4. The fourth-order valence-corrected chi connectivity index (χ4v) is 7.53. The lowest BCUT2D eigenvalue weighted by atomic mass is 9.70. The van der Waals surface area contributed by atoms with Gasteiger partial charge in [-0.05, 0) is 19.4 Å². The molecule has 0 amide bonds. The highest BCUT2D eigenvalue weighted by Crippen LogP contribution is 2.75.